The number of amides is 1. The molecule has 0 saturated carbocycles. The van der Waals surface area contributed by atoms with Gasteiger partial charge in [0.15, 0.2) is 0 Å². The Bertz CT molecular complexity index is 928. The number of fused-ring (bicyclic) bond motifs is 1. The summed E-state index contributed by atoms with van der Waals surface area (Å²) >= 11 is 3.50. The van der Waals surface area contributed by atoms with Crippen molar-refractivity contribution in [2.75, 3.05) is 6.54 Å². The van der Waals surface area contributed by atoms with Gasteiger partial charge in [0.2, 0.25) is 0 Å². The van der Waals surface area contributed by atoms with Gasteiger partial charge in [0.05, 0.1) is 12.7 Å². The van der Waals surface area contributed by atoms with Crippen molar-refractivity contribution in [3.63, 3.8) is 0 Å². The molecule has 1 amide bonds. The first-order valence-electron chi connectivity index (χ1n) is 8.49. The molecule has 0 spiro atoms. The number of hydrogen-bond donors (Lipinski definition) is 1. The van der Waals surface area contributed by atoms with Crippen LogP contribution in [0.25, 0.3) is 21.9 Å². The molecule has 0 unspecified atom stereocenters. The van der Waals surface area contributed by atoms with Crippen LogP contribution in [-0.4, -0.2) is 28.0 Å². The summed E-state index contributed by atoms with van der Waals surface area (Å²) in [6.45, 7) is 6.57. The van der Waals surface area contributed by atoms with Gasteiger partial charge in [-0.3, -0.25) is 4.68 Å². The van der Waals surface area contributed by atoms with Crippen LogP contribution in [0.2, 0.25) is 0 Å². The maximum Gasteiger partial charge on any atom is 0.407 e. The van der Waals surface area contributed by atoms with Crippen LogP contribution < -0.4 is 5.32 Å². The molecule has 0 aliphatic rings. The lowest BCUT2D eigenvalue weighted by molar-refractivity contribution is 0.0525. The van der Waals surface area contributed by atoms with Gasteiger partial charge >= 0.3 is 6.09 Å². The molecular formula is C20H22BrN3O2. The summed E-state index contributed by atoms with van der Waals surface area (Å²) in [7, 11) is 0. The highest BCUT2D eigenvalue weighted by Gasteiger charge is 2.15. The van der Waals surface area contributed by atoms with E-state index in [2.05, 4.69) is 56.7 Å². The van der Waals surface area contributed by atoms with Crippen LogP contribution in [0, 0.1) is 0 Å². The van der Waals surface area contributed by atoms with Crippen LogP contribution >= 0.6 is 15.9 Å². The predicted octanol–water partition coefficient (Wildman–Crippen LogP) is 4.99. The van der Waals surface area contributed by atoms with Crippen molar-refractivity contribution in [2.45, 2.75) is 32.9 Å². The fourth-order valence-corrected chi connectivity index (χ4v) is 3.00. The van der Waals surface area contributed by atoms with E-state index in [9.17, 15) is 4.79 Å². The Morgan fingerprint density at radius 1 is 1.15 bits per heavy atom. The summed E-state index contributed by atoms with van der Waals surface area (Å²) in [6, 6.07) is 12.6. The Balaban J connectivity index is 1.63. The molecule has 0 saturated heterocycles. The zero-order valence-corrected chi connectivity index (χ0v) is 16.7. The van der Waals surface area contributed by atoms with Crippen molar-refractivity contribution < 1.29 is 9.53 Å². The van der Waals surface area contributed by atoms with Gasteiger partial charge in [0.1, 0.15) is 5.60 Å². The number of carbonyl (C=O) groups is 1. The zero-order valence-electron chi connectivity index (χ0n) is 15.1. The molecule has 2 aromatic carbocycles. The van der Waals surface area contributed by atoms with Gasteiger partial charge in [0, 0.05) is 22.8 Å². The number of aromatic nitrogens is 2. The molecule has 0 fully saturated rings. The van der Waals surface area contributed by atoms with Gasteiger partial charge in [-0.1, -0.05) is 34.1 Å². The third-order valence-electron chi connectivity index (χ3n) is 3.78. The molecule has 136 valence electrons. The molecule has 26 heavy (non-hydrogen) atoms. The van der Waals surface area contributed by atoms with Gasteiger partial charge in [-0.05, 0) is 55.3 Å². The molecule has 3 rings (SSSR count). The smallest absolute Gasteiger partial charge is 0.407 e. The summed E-state index contributed by atoms with van der Waals surface area (Å²) in [4.78, 5) is 11.7. The summed E-state index contributed by atoms with van der Waals surface area (Å²) in [6.07, 6.45) is 3.41. The summed E-state index contributed by atoms with van der Waals surface area (Å²) in [5.74, 6) is 0. The molecule has 6 heteroatoms. The van der Waals surface area contributed by atoms with Gasteiger partial charge in [-0.15, -0.1) is 0 Å². The predicted molar refractivity (Wildman–Crippen MR) is 107 cm³/mol. The van der Waals surface area contributed by atoms with E-state index >= 15 is 0 Å². The molecule has 3 aromatic rings. The van der Waals surface area contributed by atoms with E-state index in [1.54, 1.807) is 0 Å². The van der Waals surface area contributed by atoms with Crippen molar-refractivity contribution in [3.8, 4) is 11.1 Å². The quantitative estimate of drug-likeness (QED) is 0.652. The van der Waals surface area contributed by atoms with E-state index in [0.29, 0.717) is 13.1 Å². The topological polar surface area (TPSA) is 56.1 Å². The second-order valence-electron chi connectivity index (χ2n) is 7.13. The van der Waals surface area contributed by atoms with Gasteiger partial charge in [0.25, 0.3) is 0 Å². The molecule has 5 nitrogen and oxygen atoms in total. The Labute approximate surface area is 161 Å². The minimum atomic E-state index is -0.491. The van der Waals surface area contributed by atoms with Crippen LogP contribution in [-0.2, 0) is 11.3 Å². The number of benzene rings is 2. The second kappa shape index (κ2) is 7.50. The number of alkyl carbamates (subject to hydrolysis) is 1. The minimum Gasteiger partial charge on any atom is -0.444 e. The van der Waals surface area contributed by atoms with Crippen LogP contribution in [0.1, 0.15) is 20.8 Å². The van der Waals surface area contributed by atoms with Crippen molar-refractivity contribution >= 4 is 32.8 Å². The van der Waals surface area contributed by atoms with E-state index < -0.39 is 11.7 Å². The fraction of sp³-hybridized carbons (Fsp3) is 0.300. The lowest BCUT2D eigenvalue weighted by Gasteiger charge is -2.19. The maximum atomic E-state index is 11.7. The van der Waals surface area contributed by atoms with E-state index in [0.717, 1.165) is 15.6 Å². The van der Waals surface area contributed by atoms with Crippen molar-refractivity contribution in [3.05, 3.63) is 53.3 Å². The number of ether oxygens (including phenoxy) is 1. The molecule has 0 bridgehead atoms. The third kappa shape index (κ3) is 4.85. The molecule has 0 radical (unpaired) electrons. The average molecular weight is 416 g/mol. The van der Waals surface area contributed by atoms with Crippen LogP contribution in [0.3, 0.4) is 0 Å². The number of halogens is 1. The molecule has 1 N–H and O–H groups in total. The number of nitrogens with one attached hydrogen (secondary N) is 1. The van der Waals surface area contributed by atoms with Crippen LogP contribution in [0.15, 0.2) is 53.3 Å². The monoisotopic (exact) mass is 415 g/mol. The first-order valence-corrected chi connectivity index (χ1v) is 9.28. The molecule has 0 atom stereocenters. The Morgan fingerprint density at radius 3 is 2.65 bits per heavy atom. The van der Waals surface area contributed by atoms with Crippen molar-refractivity contribution in [2.24, 2.45) is 0 Å². The first-order chi connectivity index (χ1) is 12.3. The van der Waals surface area contributed by atoms with E-state index in [1.807, 2.05) is 43.9 Å². The zero-order chi connectivity index (χ0) is 18.7. The molecule has 0 aliphatic carbocycles. The minimum absolute atomic E-state index is 0.412. The Kier molecular flexibility index (Phi) is 5.32. The van der Waals surface area contributed by atoms with Gasteiger partial charge < -0.3 is 10.1 Å². The fourth-order valence-electron chi connectivity index (χ4n) is 2.62. The van der Waals surface area contributed by atoms with E-state index in [4.69, 9.17) is 4.74 Å². The van der Waals surface area contributed by atoms with Crippen LogP contribution in [0.4, 0.5) is 4.79 Å². The highest BCUT2D eigenvalue weighted by atomic mass is 79.9. The molecular weight excluding hydrogens is 394 g/mol. The first kappa shape index (κ1) is 18.5. The second-order valence-corrected chi connectivity index (χ2v) is 8.04. The summed E-state index contributed by atoms with van der Waals surface area (Å²) < 4.78 is 8.11. The summed E-state index contributed by atoms with van der Waals surface area (Å²) in [5, 5.41) is 9.49. The largest absolute Gasteiger partial charge is 0.444 e. The molecule has 0 aliphatic heterocycles. The lowest BCUT2D eigenvalue weighted by Crippen LogP contribution is -2.34. The number of hydrogen-bond acceptors (Lipinski definition) is 3. The van der Waals surface area contributed by atoms with Gasteiger partial charge in [-0.2, -0.15) is 5.10 Å². The third-order valence-corrected chi connectivity index (χ3v) is 4.27. The van der Waals surface area contributed by atoms with Gasteiger partial charge in [-0.25, -0.2) is 4.79 Å². The molecule has 1 aromatic heterocycles. The maximum absolute atomic E-state index is 11.7. The Hall–Kier alpha value is -2.34. The Morgan fingerprint density at radius 2 is 1.88 bits per heavy atom. The lowest BCUT2D eigenvalue weighted by atomic mass is 10.0. The van der Waals surface area contributed by atoms with Crippen molar-refractivity contribution in [1.82, 2.24) is 15.1 Å². The van der Waals surface area contributed by atoms with E-state index in [-0.39, 0.29) is 0 Å². The molecule has 1 heterocycles. The van der Waals surface area contributed by atoms with Crippen LogP contribution in [0.5, 0.6) is 0 Å². The normalized spacial score (nSPS) is 11.5. The average Bonchev–Trinajstić information content (AvgIpc) is 3.01. The number of nitrogens with zero attached hydrogens (tertiary/aromatic N) is 2. The highest BCUT2D eigenvalue weighted by Crippen LogP contribution is 2.26. The highest BCUT2D eigenvalue weighted by molar-refractivity contribution is 9.10. The standard InChI is InChI=1S/C20H22BrN3O2/c1-20(2,3)26-19(25)22-8-9-24-13-17(12-23-24)15-4-5-16-11-18(21)7-6-14(16)10-15/h4-7,10-13H,8-9H2,1-3H3,(H,22,25). The summed E-state index contributed by atoms with van der Waals surface area (Å²) in [5.41, 5.74) is 1.67. The number of carbonyl (C=O) groups excluding carboxylic acids is 1. The van der Waals surface area contributed by atoms with Crippen molar-refractivity contribution in [1.29, 1.82) is 0 Å². The van der Waals surface area contributed by atoms with E-state index in [1.165, 1.54) is 10.8 Å². The SMILES string of the molecule is CC(C)(C)OC(=O)NCCn1cc(-c2ccc3cc(Br)ccc3c2)cn1. The number of rotatable bonds is 4.